The number of aromatic nitrogens is 6. The van der Waals surface area contributed by atoms with Gasteiger partial charge in [0.05, 0.1) is 35.9 Å². The van der Waals surface area contributed by atoms with Crippen molar-refractivity contribution >= 4 is 30.3 Å². The van der Waals surface area contributed by atoms with Gasteiger partial charge in [-0.25, -0.2) is 39.5 Å². The van der Waals surface area contributed by atoms with Gasteiger partial charge in [0.15, 0.2) is 0 Å². The number of halogens is 1. The van der Waals surface area contributed by atoms with E-state index in [2.05, 4.69) is 34.6 Å². The number of carbonyl (C=O) groups is 3. The third kappa shape index (κ3) is 12.6. The maximum absolute atomic E-state index is 11.2. The molecule has 0 saturated carbocycles. The average molecular weight is 569 g/mol. The molecule has 196 valence electrons. The van der Waals surface area contributed by atoms with Gasteiger partial charge in [0.25, 0.3) is 0 Å². The van der Waals surface area contributed by atoms with Gasteiger partial charge < -0.3 is 25.2 Å². The zero-order valence-electron chi connectivity index (χ0n) is 22.8. The summed E-state index contributed by atoms with van der Waals surface area (Å²) in [6.07, 6.45) is 4.12. The second kappa shape index (κ2) is 20.8. The van der Waals surface area contributed by atoms with E-state index in [1.807, 2.05) is 0 Å². The maximum atomic E-state index is 11.2. The number of aromatic carboxylic acids is 2. The molecule has 13 nitrogen and oxygen atoms in total. The van der Waals surface area contributed by atoms with Crippen LogP contribution in [0.15, 0.2) is 19.0 Å². The molecule has 0 unspecified atom stereocenters. The first-order valence-corrected chi connectivity index (χ1v) is 9.79. The first kappa shape index (κ1) is 43.0. The van der Waals surface area contributed by atoms with Crippen molar-refractivity contribution in [2.45, 2.75) is 41.5 Å². The average Bonchev–Trinajstić information content (AvgIpc) is 2.73. The number of carboxylic acids is 2. The minimum atomic E-state index is -1.22. The standard InChI is InChI=1S/C8H10N2O2.2C7H8N2O2.ClH.2Na.H2O/c1-5-7(8(11)12-3)6(2)10-4-9-5;2*1-4-6(7(10)11)5(2)9-3-8-4;;;;/h4H,1-3H3;2*3H,1-2H3,(H,10,11);1H;;;1H2/q;;;;2*+1;/p-2. The maximum Gasteiger partial charge on any atom is 1.00 e. The number of carboxylic acid groups (broad SMARTS) is 2. The van der Waals surface area contributed by atoms with Gasteiger partial charge in [-0.3, -0.25) is 0 Å². The fourth-order valence-electron chi connectivity index (χ4n) is 2.78. The Morgan fingerprint density at radius 1 is 0.658 bits per heavy atom. The van der Waals surface area contributed by atoms with Gasteiger partial charge in [0.2, 0.25) is 0 Å². The SMILES string of the molecule is COC(=O)c1c(C)ncnc1C.Cc1ncnc(C)c1C(=O)O.Cc1ncnc(C)c1C(=O)[O-].Cl.[Na+].[Na+].[OH-]. The van der Waals surface area contributed by atoms with Gasteiger partial charge in [-0.2, -0.15) is 0 Å². The first-order valence-electron chi connectivity index (χ1n) is 9.79. The van der Waals surface area contributed by atoms with E-state index >= 15 is 0 Å². The minimum absolute atomic E-state index is 0. The van der Waals surface area contributed by atoms with E-state index in [-0.39, 0.29) is 94.1 Å². The van der Waals surface area contributed by atoms with E-state index in [1.54, 1.807) is 41.5 Å². The second-order valence-corrected chi connectivity index (χ2v) is 6.84. The van der Waals surface area contributed by atoms with Crippen LogP contribution in [-0.2, 0) is 4.74 Å². The summed E-state index contributed by atoms with van der Waals surface area (Å²) in [6, 6.07) is 0. The monoisotopic (exact) mass is 568 g/mol. The smallest absolute Gasteiger partial charge is 0.870 e. The number of esters is 1. The Morgan fingerprint density at radius 2 is 0.921 bits per heavy atom. The Bertz CT molecular complexity index is 1100. The van der Waals surface area contributed by atoms with Crippen LogP contribution in [0.1, 0.15) is 65.2 Å². The molecule has 0 aliphatic carbocycles. The third-order valence-corrected chi connectivity index (χ3v) is 4.49. The van der Waals surface area contributed by atoms with E-state index in [4.69, 9.17) is 5.11 Å². The molecular formula is C22H27ClN6Na2O7. The molecule has 0 fully saturated rings. The number of carbonyl (C=O) groups excluding carboxylic acids is 2. The molecule has 0 radical (unpaired) electrons. The van der Waals surface area contributed by atoms with Crippen LogP contribution in [-0.4, -0.2) is 65.5 Å². The summed E-state index contributed by atoms with van der Waals surface area (Å²) in [5.41, 5.74) is 3.94. The summed E-state index contributed by atoms with van der Waals surface area (Å²) in [4.78, 5) is 55.0. The fourth-order valence-corrected chi connectivity index (χ4v) is 2.78. The van der Waals surface area contributed by atoms with Gasteiger partial charge >= 0.3 is 71.1 Å². The van der Waals surface area contributed by atoms with Crippen LogP contribution in [0.2, 0.25) is 0 Å². The molecule has 3 aromatic rings. The number of hydrogen-bond acceptors (Lipinski definition) is 12. The van der Waals surface area contributed by atoms with Crippen LogP contribution < -0.4 is 64.2 Å². The summed E-state index contributed by atoms with van der Waals surface area (Å²) >= 11 is 0. The van der Waals surface area contributed by atoms with Crippen molar-refractivity contribution in [1.82, 2.24) is 29.9 Å². The predicted octanol–water partition coefficient (Wildman–Crippen LogP) is -4.62. The van der Waals surface area contributed by atoms with E-state index in [9.17, 15) is 19.5 Å². The summed E-state index contributed by atoms with van der Waals surface area (Å²) in [7, 11) is 1.34. The fraction of sp³-hybridized carbons (Fsp3) is 0.318. The van der Waals surface area contributed by atoms with Gasteiger partial charge in [0, 0.05) is 17.0 Å². The Balaban J connectivity index is -0.000000217. The quantitative estimate of drug-likeness (QED) is 0.233. The van der Waals surface area contributed by atoms with Crippen molar-refractivity contribution in [2.24, 2.45) is 0 Å². The molecule has 38 heavy (non-hydrogen) atoms. The van der Waals surface area contributed by atoms with Gasteiger partial charge in [-0.1, -0.05) is 0 Å². The second-order valence-electron chi connectivity index (χ2n) is 6.84. The van der Waals surface area contributed by atoms with Crippen molar-refractivity contribution in [3.05, 3.63) is 69.8 Å². The summed E-state index contributed by atoms with van der Waals surface area (Å²) < 4.78 is 4.58. The number of methoxy groups -OCH3 is 1. The van der Waals surface area contributed by atoms with Crippen LogP contribution in [0.3, 0.4) is 0 Å². The largest absolute Gasteiger partial charge is 1.00 e. The Labute approximate surface area is 270 Å². The molecule has 0 aliphatic heterocycles. The van der Waals surface area contributed by atoms with Crippen molar-refractivity contribution in [3.8, 4) is 0 Å². The molecule has 0 bridgehead atoms. The van der Waals surface area contributed by atoms with Crippen LogP contribution >= 0.6 is 12.4 Å². The number of rotatable bonds is 3. The van der Waals surface area contributed by atoms with E-state index in [0.717, 1.165) is 0 Å². The molecule has 2 N–H and O–H groups in total. The normalized spacial score (nSPS) is 8.61. The zero-order chi connectivity index (χ0) is 26.0. The van der Waals surface area contributed by atoms with E-state index in [1.165, 1.54) is 26.1 Å². The van der Waals surface area contributed by atoms with E-state index < -0.39 is 11.9 Å². The number of nitrogens with zero attached hydrogens (tertiary/aromatic N) is 6. The van der Waals surface area contributed by atoms with Gasteiger partial charge in [-0.05, 0) is 41.5 Å². The predicted molar refractivity (Wildman–Crippen MR) is 126 cm³/mol. The zero-order valence-corrected chi connectivity index (χ0v) is 27.6. The minimum Gasteiger partial charge on any atom is -0.870 e. The first-order chi connectivity index (χ1) is 15.9. The molecule has 0 aromatic carbocycles. The molecule has 0 atom stereocenters. The molecule has 3 rings (SSSR count). The van der Waals surface area contributed by atoms with Crippen LogP contribution in [0.5, 0.6) is 0 Å². The van der Waals surface area contributed by atoms with Crippen molar-refractivity contribution < 1.29 is 93.9 Å². The topological polar surface area (TPSA) is 211 Å². The summed E-state index contributed by atoms with van der Waals surface area (Å²) in [6.45, 7) is 10.0. The molecular weight excluding hydrogens is 542 g/mol. The van der Waals surface area contributed by atoms with Crippen LogP contribution in [0.4, 0.5) is 0 Å². The van der Waals surface area contributed by atoms with Crippen LogP contribution in [0.25, 0.3) is 0 Å². The van der Waals surface area contributed by atoms with Crippen LogP contribution in [0, 0.1) is 41.5 Å². The number of ether oxygens (including phenoxy) is 1. The van der Waals surface area contributed by atoms with Gasteiger partial charge in [-0.15, -0.1) is 12.4 Å². The molecule has 3 aromatic heterocycles. The van der Waals surface area contributed by atoms with Gasteiger partial charge in [0.1, 0.15) is 30.1 Å². The summed E-state index contributed by atoms with van der Waals surface area (Å²) in [5.74, 6) is -2.58. The van der Waals surface area contributed by atoms with Crippen molar-refractivity contribution in [3.63, 3.8) is 0 Å². The third-order valence-electron chi connectivity index (χ3n) is 4.49. The number of hydrogen-bond donors (Lipinski definition) is 1. The molecule has 0 saturated heterocycles. The van der Waals surface area contributed by atoms with Crippen molar-refractivity contribution in [1.29, 1.82) is 0 Å². The molecule has 16 heteroatoms. The van der Waals surface area contributed by atoms with E-state index in [0.29, 0.717) is 39.7 Å². The Kier molecular flexibility index (Phi) is 23.5. The Hall–Kier alpha value is -2.10. The number of aryl methyl sites for hydroxylation is 6. The Morgan fingerprint density at radius 3 is 1.11 bits per heavy atom. The van der Waals surface area contributed by atoms with Crippen molar-refractivity contribution in [2.75, 3.05) is 7.11 Å². The molecule has 0 aliphatic rings. The molecule has 0 spiro atoms. The summed E-state index contributed by atoms with van der Waals surface area (Å²) in [5, 5.41) is 19.1. The molecule has 0 amide bonds. The molecule has 3 heterocycles.